The quantitative estimate of drug-likeness (QED) is 0.143. The van der Waals surface area contributed by atoms with E-state index in [2.05, 4.69) is 50.0 Å². The van der Waals surface area contributed by atoms with E-state index in [9.17, 15) is 24.9 Å². The lowest BCUT2D eigenvalue weighted by Gasteiger charge is -2.71. The zero-order valence-electron chi connectivity index (χ0n) is 35.2. The Kier molecular flexibility index (Phi) is 11.3. The van der Waals surface area contributed by atoms with Crippen LogP contribution in [0.1, 0.15) is 161 Å². The zero-order chi connectivity index (χ0) is 40.1. The highest BCUT2D eigenvalue weighted by Gasteiger charge is 2.78. The summed E-state index contributed by atoms with van der Waals surface area (Å²) in [6.45, 7) is 6.80. The highest BCUT2D eigenvalue weighted by atomic mass is 16.5. The van der Waals surface area contributed by atoms with Gasteiger partial charge in [0.15, 0.2) is 0 Å². The summed E-state index contributed by atoms with van der Waals surface area (Å²) in [4.78, 5) is 25.9. The van der Waals surface area contributed by atoms with Crippen molar-refractivity contribution in [2.75, 3.05) is 6.61 Å². The van der Waals surface area contributed by atoms with E-state index < -0.39 is 46.1 Å². The van der Waals surface area contributed by atoms with Crippen molar-refractivity contribution in [3.05, 3.63) is 47.5 Å². The SMILES string of the molecule is C[C@H](CCCc1ccccc1)CC[C@H](O)[C@]12C([C@@H]3C[C@](C)(C#CCCC(=O)O3)[C@]1(O)CCC1=CC(=O)OC1)[C@](C)([C@@H]1CC[C@@]3(CCC4(CCCC4)C3)C1)CC[C@@H]2O. The van der Waals surface area contributed by atoms with E-state index in [1.807, 2.05) is 13.0 Å². The molecule has 2 heterocycles. The van der Waals surface area contributed by atoms with E-state index in [4.69, 9.17) is 9.47 Å². The number of aliphatic hydroxyl groups excluding tert-OH is 2. The zero-order valence-corrected chi connectivity index (χ0v) is 35.2. The van der Waals surface area contributed by atoms with Crippen LogP contribution in [0, 0.1) is 56.7 Å². The Morgan fingerprint density at radius 3 is 2.44 bits per heavy atom. The van der Waals surface area contributed by atoms with Gasteiger partial charge in [0.05, 0.1) is 35.1 Å². The molecule has 2 spiro atoms. The first-order valence-corrected chi connectivity index (χ1v) is 22.9. The third-order valence-electron chi connectivity index (χ3n) is 17.7. The molecule has 11 atom stereocenters. The molecule has 1 aromatic carbocycles. The van der Waals surface area contributed by atoms with Gasteiger partial charge in [0.1, 0.15) is 12.7 Å². The summed E-state index contributed by atoms with van der Waals surface area (Å²) in [5.41, 5.74) is -1.61. The Labute approximate surface area is 342 Å². The van der Waals surface area contributed by atoms with Crippen LogP contribution in [0.3, 0.4) is 0 Å². The van der Waals surface area contributed by atoms with Gasteiger partial charge in [-0.15, -0.1) is 5.92 Å². The topological polar surface area (TPSA) is 113 Å². The molecule has 7 heteroatoms. The summed E-state index contributed by atoms with van der Waals surface area (Å²) >= 11 is 0. The average Bonchev–Trinajstić information content (AvgIpc) is 4.01. The summed E-state index contributed by atoms with van der Waals surface area (Å²) in [6.07, 6.45) is 18.5. The van der Waals surface area contributed by atoms with Crippen molar-refractivity contribution in [3.63, 3.8) is 0 Å². The van der Waals surface area contributed by atoms with Gasteiger partial charge >= 0.3 is 11.9 Å². The minimum absolute atomic E-state index is 0.182. The standard InChI is InChI=1S/C50H70O7/c1-35(12-11-15-36-13-5-4-6-14-36)17-18-40(51)50-41(52)21-25-46(3,38-20-26-48(31-38)29-28-47(34-48)23-9-10-24-47)44(50)39-32-45(2,22-8-7-16-42(53)57-39)49(50,55)27-19-37-30-43(54)56-33-37/h4-6,13-14,30,35,38-41,44,51-52,55H,7,9-12,15-21,23-29,31-34H2,1-3H3/t35-,38-,39+,40+,41+,44?,45+,46+,48-,49-,50+/m1/s1. The first-order chi connectivity index (χ1) is 27.3. The van der Waals surface area contributed by atoms with Crippen LogP contribution in [0.25, 0.3) is 0 Å². The highest BCUT2D eigenvalue weighted by Crippen LogP contribution is 2.74. The van der Waals surface area contributed by atoms with Gasteiger partial charge in [-0.2, -0.15) is 0 Å². The van der Waals surface area contributed by atoms with E-state index in [0.717, 1.165) is 50.5 Å². The number of carbonyl (C=O) groups excluding carboxylic acids is 2. The second-order valence-corrected chi connectivity index (χ2v) is 21.0. The number of aliphatic hydroxyl groups is 3. The maximum Gasteiger partial charge on any atom is 0.331 e. The van der Waals surface area contributed by atoms with Crippen molar-refractivity contribution in [2.45, 2.75) is 186 Å². The lowest BCUT2D eigenvalue weighted by atomic mass is 9.35. The number of hydrogen-bond donors (Lipinski definition) is 3. The molecule has 2 aliphatic heterocycles. The van der Waals surface area contributed by atoms with Crippen molar-refractivity contribution < 1.29 is 34.4 Å². The molecule has 1 aromatic rings. The Hall–Kier alpha value is -2.66. The largest absolute Gasteiger partial charge is 0.462 e. The van der Waals surface area contributed by atoms with Crippen LogP contribution in [0.5, 0.6) is 0 Å². The summed E-state index contributed by atoms with van der Waals surface area (Å²) in [7, 11) is 0. The molecule has 5 aliphatic carbocycles. The Bertz CT molecular complexity index is 1740. The van der Waals surface area contributed by atoms with E-state index in [1.165, 1.54) is 63.0 Å². The highest BCUT2D eigenvalue weighted by molar-refractivity contribution is 5.85. The fourth-order valence-electron chi connectivity index (χ4n) is 14.8. The Balaban J connectivity index is 1.18. The van der Waals surface area contributed by atoms with Gasteiger partial charge in [0.25, 0.3) is 0 Å². The van der Waals surface area contributed by atoms with Gasteiger partial charge < -0.3 is 24.8 Å². The molecule has 0 amide bonds. The molecule has 2 bridgehead atoms. The third-order valence-corrected chi connectivity index (χ3v) is 17.7. The summed E-state index contributed by atoms with van der Waals surface area (Å²) in [5.74, 6) is 6.28. The molecule has 0 radical (unpaired) electrons. The van der Waals surface area contributed by atoms with Gasteiger partial charge in [-0.05, 0) is 149 Å². The molecular weight excluding hydrogens is 713 g/mol. The molecule has 3 N–H and O–H groups in total. The molecule has 0 aromatic heterocycles. The molecule has 5 fully saturated rings. The van der Waals surface area contributed by atoms with Gasteiger partial charge in [-0.25, -0.2) is 4.79 Å². The van der Waals surface area contributed by atoms with E-state index in [-0.39, 0.29) is 31.4 Å². The predicted molar refractivity (Wildman–Crippen MR) is 220 cm³/mol. The number of aryl methyl sites for hydroxylation is 1. The Morgan fingerprint density at radius 2 is 1.68 bits per heavy atom. The van der Waals surface area contributed by atoms with Gasteiger partial charge in [0, 0.05) is 24.8 Å². The predicted octanol–water partition coefficient (Wildman–Crippen LogP) is 9.19. The smallest absolute Gasteiger partial charge is 0.331 e. The molecule has 312 valence electrons. The molecule has 7 nitrogen and oxygen atoms in total. The summed E-state index contributed by atoms with van der Waals surface area (Å²) in [6, 6.07) is 10.6. The fourth-order valence-corrected chi connectivity index (χ4v) is 14.8. The first-order valence-electron chi connectivity index (χ1n) is 22.9. The van der Waals surface area contributed by atoms with E-state index in [1.54, 1.807) is 0 Å². The van der Waals surface area contributed by atoms with Crippen LogP contribution in [0.4, 0.5) is 0 Å². The lowest BCUT2D eigenvalue weighted by Crippen LogP contribution is -2.79. The minimum atomic E-state index is -1.66. The van der Waals surface area contributed by atoms with Crippen LogP contribution in [-0.4, -0.2) is 57.8 Å². The summed E-state index contributed by atoms with van der Waals surface area (Å²) in [5, 5.41) is 40.2. The monoisotopic (exact) mass is 783 g/mol. The molecule has 7 aliphatic rings. The van der Waals surface area contributed by atoms with Crippen LogP contribution in [0.15, 0.2) is 42.0 Å². The van der Waals surface area contributed by atoms with Crippen LogP contribution < -0.4 is 0 Å². The number of rotatable bonds is 12. The van der Waals surface area contributed by atoms with Crippen molar-refractivity contribution in [1.82, 2.24) is 0 Å². The number of fused-ring (bicyclic) bond motifs is 4. The molecule has 1 unspecified atom stereocenters. The molecule has 0 saturated heterocycles. The number of cyclic esters (lactones) is 1. The number of esters is 2. The minimum Gasteiger partial charge on any atom is -0.462 e. The normalized spacial score (nSPS) is 40.6. The maximum absolute atomic E-state index is 14.1. The second kappa shape index (κ2) is 15.7. The van der Waals surface area contributed by atoms with E-state index in [0.29, 0.717) is 54.8 Å². The fraction of sp³-hybridized carbons (Fsp3) is 0.760. The second-order valence-electron chi connectivity index (χ2n) is 21.0. The Morgan fingerprint density at radius 1 is 0.912 bits per heavy atom. The van der Waals surface area contributed by atoms with Gasteiger partial charge in [-0.1, -0.05) is 69.4 Å². The van der Waals surface area contributed by atoms with Gasteiger partial charge in [0.2, 0.25) is 0 Å². The first kappa shape index (κ1) is 41.1. The maximum atomic E-state index is 14.1. The number of ether oxygens (including phenoxy) is 2. The van der Waals surface area contributed by atoms with Crippen molar-refractivity contribution in [3.8, 4) is 11.8 Å². The van der Waals surface area contributed by atoms with Crippen molar-refractivity contribution in [1.29, 1.82) is 0 Å². The number of carbonyl (C=O) groups is 2. The van der Waals surface area contributed by atoms with E-state index >= 15 is 0 Å². The lowest BCUT2D eigenvalue weighted by molar-refractivity contribution is -0.338. The van der Waals surface area contributed by atoms with Crippen LogP contribution >= 0.6 is 0 Å². The molecule has 57 heavy (non-hydrogen) atoms. The van der Waals surface area contributed by atoms with Gasteiger partial charge in [-0.3, -0.25) is 4.79 Å². The average molecular weight is 783 g/mol. The number of hydrogen-bond acceptors (Lipinski definition) is 7. The summed E-state index contributed by atoms with van der Waals surface area (Å²) < 4.78 is 11.9. The van der Waals surface area contributed by atoms with Crippen molar-refractivity contribution in [2.24, 2.45) is 44.8 Å². The van der Waals surface area contributed by atoms with Crippen LogP contribution in [0.2, 0.25) is 0 Å². The van der Waals surface area contributed by atoms with Crippen LogP contribution in [-0.2, 0) is 25.5 Å². The third kappa shape index (κ3) is 7.24. The molecule has 8 rings (SSSR count). The molecular formula is C50H70O7. The number of benzene rings is 1. The van der Waals surface area contributed by atoms with Crippen molar-refractivity contribution >= 4 is 11.9 Å². The molecule has 5 saturated carbocycles.